The maximum Gasteiger partial charge on any atom is 0.240 e. The second kappa shape index (κ2) is 9.35. The van der Waals surface area contributed by atoms with Crippen molar-refractivity contribution < 1.29 is 17.9 Å². The second-order valence-corrected chi connectivity index (χ2v) is 10.5. The molecule has 0 bridgehead atoms. The average molecular weight is 471 g/mol. The summed E-state index contributed by atoms with van der Waals surface area (Å²) < 4.78 is 42.1. The zero-order valence-corrected chi connectivity index (χ0v) is 19.1. The Hall–Kier alpha value is -1.82. The number of nitrogens with zero attached hydrogens (tertiary/aromatic N) is 5. The molecule has 2 aromatic heterocycles. The standard InChI is InChI=1S/C19H27ClN6O4S/c1-12(16(29-2)17-21-10-14(20)11-22-17)31(27,28)25-19-24-23-18(13-4-3-5-13)26(19)15-6-8-30-9-7-15/h10-13,15-16H,3-9H2,1-2H3,(H,24,25)/t12-,16-/m0/s1. The maximum atomic E-state index is 13.3. The minimum absolute atomic E-state index is 0.102. The summed E-state index contributed by atoms with van der Waals surface area (Å²) in [5, 5.41) is 7.97. The van der Waals surface area contributed by atoms with Gasteiger partial charge in [0.05, 0.1) is 5.02 Å². The molecule has 1 saturated carbocycles. The zero-order chi connectivity index (χ0) is 22.0. The number of ether oxygens (including phenoxy) is 2. The van der Waals surface area contributed by atoms with Gasteiger partial charge in [0, 0.05) is 44.7 Å². The molecule has 2 aliphatic rings. The fourth-order valence-corrected chi connectivity index (χ4v) is 5.22. The Bertz CT molecular complexity index is 989. The van der Waals surface area contributed by atoms with Crippen LogP contribution in [-0.4, -0.2) is 58.7 Å². The van der Waals surface area contributed by atoms with Crippen molar-refractivity contribution in [2.45, 2.75) is 62.3 Å². The van der Waals surface area contributed by atoms with E-state index in [0.29, 0.717) is 24.2 Å². The summed E-state index contributed by atoms with van der Waals surface area (Å²) in [5.74, 6) is 1.66. The number of hydrogen-bond acceptors (Lipinski definition) is 8. The molecule has 0 amide bonds. The van der Waals surface area contributed by atoms with Crippen LogP contribution in [0.4, 0.5) is 5.95 Å². The molecular formula is C19H27ClN6O4S. The van der Waals surface area contributed by atoms with Crippen molar-refractivity contribution in [3.05, 3.63) is 29.1 Å². The third-order valence-corrected chi connectivity index (χ3v) is 7.93. The summed E-state index contributed by atoms with van der Waals surface area (Å²) in [6, 6.07) is 0.102. The van der Waals surface area contributed by atoms with Gasteiger partial charge in [0.15, 0.2) is 5.82 Å². The van der Waals surface area contributed by atoms with Crippen molar-refractivity contribution in [2.24, 2.45) is 0 Å². The van der Waals surface area contributed by atoms with E-state index in [0.717, 1.165) is 37.9 Å². The van der Waals surface area contributed by atoms with Gasteiger partial charge in [-0.2, -0.15) is 0 Å². The molecule has 1 saturated heterocycles. The molecule has 2 fully saturated rings. The van der Waals surface area contributed by atoms with Crippen molar-refractivity contribution in [1.82, 2.24) is 24.7 Å². The number of sulfonamides is 1. The van der Waals surface area contributed by atoms with E-state index in [1.165, 1.54) is 19.5 Å². The summed E-state index contributed by atoms with van der Waals surface area (Å²) >= 11 is 5.85. The van der Waals surface area contributed by atoms with E-state index >= 15 is 0 Å². The Morgan fingerprint density at radius 1 is 1.19 bits per heavy atom. The van der Waals surface area contributed by atoms with E-state index in [4.69, 9.17) is 21.1 Å². The number of rotatable bonds is 8. The van der Waals surface area contributed by atoms with Gasteiger partial charge in [0.2, 0.25) is 16.0 Å². The Labute approximate surface area is 186 Å². The van der Waals surface area contributed by atoms with Gasteiger partial charge in [-0.05, 0) is 32.6 Å². The first kappa shape index (κ1) is 22.4. The van der Waals surface area contributed by atoms with E-state index in [-0.39, 0.29) is 17.8 Å². The Kier molecular flexibility index (Phi) is 6.75. The fourth-order valence-electron chi connectivity index (χ4n) is 3.98. The highest BCUT2D eigenvalue weighted by molar-refractivity contribution is 7.93. The van der Waals surface area contributed by atoms with Crippen LogP contribution >= 0.6 is 11.6 Å². The van der Waals surface area contributed by atoms with Crippen molar-refractivity contribution in [1.29, 1.82) is 0 Å². The lowest BCUT2D eigenvalue weighted by Gasteiger charge is -2.31. The predicted molar refractivity (Wildman–Crippen MR) is 115 cm³/mol. The largest absolute Gasteiger partial charge is 0.381 e. The first-order chi connectivity index (χ1) is 14.9. The van der Waals surface area contributed by atoms with Crippen molar-refractivity contribution in [2.75, 3.05) is 25.0 Å². The number of anilines is 1. The minimum Gasteiger partial charge on any atom is -0.381 e. The van der Waals surface area contributed by atoms with E-state index in [9.17, 15) is 8.42 Å². The fraction of sp³-hybridized carbons (Fsp3) is 0.684. The molecule has 3 heterocycles. The smallest absolute Gasteiger partial charge is 0.240 e. The first-order valence-corrected chi connectivity index (χ1v) is 12.4. The van der Waals surface area contributed by atoms with Gasteiger partial charge in [0.25, 0.3) is 0 Å². The van der Waals surface area contributed by atoms with Crippen molar-refractivity contribution in [3.63, 3.8) is 0 Å². The number of hydrogen-bond donors (Lipinski definition) is 1. The molecule has 10 nitrogen and oxygen atoms in total. The van der Waals surface area contributed by atoms with Gasteiger partial charge in [-0.25, -0.2) is 18.4 Å². The summed E-state index contributed by atoms with van der Waals surface area (Å²) in [6.45, 7) is 2.82. The lowest BCUT2D eigenvalue weighted by atomic mass is 9.84. The van der Waals surface area contributed by atoms with Gasteiger partial charge >= 0.3 is 0 Å². The highest BCUT2D eigenvalue weighted by Gasteiger charge is 2.36. The molecular weight excluding hydrogens is 444 g/mol. The quantitative estimate of drug-likeness (QED) is 0.625. The van der Waals surface area contributed by atoms with Crippen LogP contribution in [0.2, 0.25) is 5.02 Å². The lowest BCUT2D eigenvalue weighted by Crippen LogP contribution is -2.34. The molecule has 170 valence electrons. The summed E-state index contributed by atoms with van der Waals surface area (Å²) in [6.07, 6.45) is 6.78. The SMILES string of the molecule is CO[C@H](c1ncc(Cl)cn1)[C@H](C)S(=O)(=O)Nc1nnc(C2CCC2)n1C1CCOCC1. The van der Waals surface area contributed by atoms with Gasteiger partial charge in [-0.3, -0.25) is 9.29 Å². The van der Waals surface area contributed by atoms with E-state index in [1.54, 1.807) is 6.92 Å². The third-order valence-electron chi connectivity index (χ3n) is 6.05. The topological polar surface area (TPSA) is 121 Å². The Balaban J connectivity index is 1.61. The van der Waals surface area contributed by atoms with Crippen LogP contribution in [0.25, 0.3) is 0 Å². The van der Waals surface area contributed by atoms with Crippen LogP contribution in [0, 0.1) is 0 Å². The monoisotopic (exact) mass is 470 g/mol. The Morgan fingerprint density at radius 3 is 2.45 bits per heavy atom. The van der Waals surface area contributed by atoms with Crippen LogP contribution in [-0.2, 0) is 19.5 Å². The minimum atomic E-state index is -3.89. The van der Waals surface area contributed by atoms with E-state index < -0.39 is 21.4 Å². The molecule has 1 N–H and O–H groups in total. The molecule has 0 aromatic carbocycles. The maximum absolute atomic E-state index is 13.3. The van der Waals surface area contributed by atoms with Gasteiger partial charge in [-0.1, -0.05) is 18.0 Å². The number of nitrogens with one attached hydrogen (secondary N) is 1. The zero-order valence-electron chi connectivity index (χ0n) is 17.6. The third kappa shape index (κ3) is 4.69. The van der Waals surface area contributed by atoms with Crippen molar-refractivity contribution in [3.8, 4) is 0 Å². The van der Waals surface area contributed by atoms with Crippen LogP contribution in [0.15, 0.2) is 12.4 Å². The summed E-state index contributed by atoms with van der Waals surface area (Å²) in [4.78, 5) is 8.24. The summed E-state index contributed by atoms with van der Waals surface area (Å²) in [5.41, 5.74) is 0. The van der Waals surface area contributed by atoms with E-state index in [2.05, 4.69) is 24.9 Å². The molecule has 0 unspecified atom stereocenters. The highest BCUT2D eigenvalue weighted by atomic mass is 35.5. The van der Waals surface area contributed by atoms with Gasteiger partial charge in [0.1, 0.15) is 17.2 Å². The number of halogens is 1. The second-order valence-electron chi connectivity index (χ2n) is 7.99. The molecule has 0 radical (unpaired) electrons. The van der Waals surface area contributed by atoms with Gasteiger partial charge < -0.3 is 9.47 Å². The van der Waals surface area contributed by atoms with Crippen LogP contribution in [0.3, 0.4) is 0 Å². The molecule has 1 aliphatic carbocycles. The molecule has 1 aliphatic heterocycles. The Morgan fingerprint density at radius 2 is 1.87 bits per heavy atom. The van der Waals surface area contributed by atoms with E-state index in [1.807, 2.05) is 4.57 Å². The molecule has 31 heavy (non-hydrogen) atoms. The number of aromatic nitrogens is 5. The number of methoxy groups -OCH3 is 1. The van der Waals surface area contributed by atoms with Crippen molar-refractivity contribution >= 4 is 27.6 Å². The van der Waals surface area contributed by atoms with Gasteiger partial charge in [-0.15, -0.1) is 10.2 Å². The predicted octanol–water partition coefficient (Wildman–Crippen LogP) is 2.86. The average Bonchev–Trinajstić information content (AvgIpc) is 3.11. The van der Waals surface area contributed by atoms with Crippen LogP contribution in [0.5, 0.6) is 0 Å². The highest BCUT2D eigenvalue weighted by Crippen LogP contribution is 2.39. The van der Waals surface area contributed by atoms with Crippen LogP contribution in [0.1, 0.15) is 68.7 Å². The lowest BCUT2D eigenvalue weighted by molar-refractivity contribution is 0.0686. The summed E-state index contributed by atoms with van der Waals surface area (Å²) in [7, 11) is -2.46. The first-order valence-electron chi connectivity index (χ1n) is 10.4. The van der Waals surface area contributed by atoms with Crippen LogP contribution < -0.4 is 4.72 Å². The molecule has 12 heteroatoms. The molecule has 4 rings (SSSR count). The normalized spacial score (nSPS) is 20.2. The molecule has 2 aromatic rings. The molecule has 0 spiro atoms. The molecule has 2 atom stereocenters.